The van der Waals surface area contributed by atoms with Crippen molar-refractivity contribution < 1.29 is 4.79 Å². The summed E-state index contributed by atoms with van der Waals surface area (Å²) in [6.07, 6.45) is 0.826. The number of benzene rings is 1. The number of rotatable bonds is 3. The Balaban J connectivity index is 2.19. The van der Waals surface area contributed by atoms with Crippen molar-refractivity contribution in [1.82, 2.24) is 9.78 Å². The van der Waals surface area contributed by atoms with Gasteiger partial charge >= 0.3 is 0 Å². The van der Waals surface area contributed by atoms with Crippen LogP contribution in [0.4, 0.5) is 5.82 Å². The number of H-pyrrole nitrogens is 1. The third-order valence-electron chi connectivity index (χ3n) is 4.14. The molecule has 2 heterocycles. The van der Waals surface area contributed by atoms with Crippen LogP contribution in [0.25, 0.3) is 0 Å². The molecular formula is C16H17Cl2N3O2S. The summed E-state index contributed by atoms with van der Waals surface area (Å²) in [5.74, 6) is 0.642. The van der Waals surface area contributed by atoms with Gasteiger partial charge in [-0.1, -0.05) is 36.2 Å². The molecular weight excluding hydrogens is 369 g/mol. The number of hydrogen-bond acceptors (Lipinski definition) is 3. The van der Waals surface area contributed by atoms with Crippen LogP contribution in [0.3, 0.4) is 0 Å². The molecule has 0 bridgehead atoms. The molecule has 0 fully saturated rings. The lowest BCUT2D eigenvalue weighted by Crippen LogP contribution is -2.18. The fourth-order valence-electron chi connectivity index (χ4n) is 2.72. The van der Waals surface area contributed by atoms with E-state index in [1.165, 1.54) is 11.8 Å². The van der Waals surface area contributed by atoms with Crippen molar-refractivity contribution in [2.45, 2.75) is 31.6 Å². The summed E-state index contributed by atoms with van der Waals surface area (Å²) in [4.78, 5) is 24.7. The van der Waals surface area contributed by atoms with Gasteiger partial charge in [0.15, 0.2) is 0 Å². The van der Waals surface area contributed by atoms with E-state index in [4.69, 9.17) is 23.2 Å². The predicted molar refractivity (Wildman–Crippen MR) is 99.4 cm³/mol. The van der Waals surface area contributed by atoms with Gasteiger partial charge in [-0.2, -0.15) is 0 Å². The normalized spacial score (nSPS) is 18.7. The van der Waals surface area contributed by atoms with Crippen molar-refractivity contribution in [2.75, 3.05) is 11.1 Å². The maximum absolute atomic E-state index is 12.6. The highest BCUT2D eigenvalue weighted by molar-refractivity contribution is 8.00. The van der Waals surface area contributed by atoms with E-state index in [0.29, 0.717) is 21.4 Å². The van der Waals surface area contributed by atoms with Crippen molar-refractivity contribution in [2.24, 2.45) is 0 Å². The number of aromatic nitrogens is 2. The first-order valence-electron chi connectivity index (χ1n) is 7.63. The molecule has 3 rings (SSSR count). The summed E-state index contributed by atoms with van der Waals surface area (Å²) in [7, 11) is 0. The summed E-state index contributed by atoms with van der Waals surface area (Å²) in [5.41, 5.74) is 1.09. The lowest BCUT2D eigenvalue weighted by Gasteiger charge is -2.17. The Hall–Kier alpha value is -1.37. The first kappa shape index (κ1) is 17.5. The van der Waals surface area contributed by atoms with Crippen LogP contribution in [-0.2, 0) is 4.79 Å². The molecule has 24 heavy (non-hydrogen) atoms. The van der Waals surface area contributed by atoms with E-state index in [1.54, 1.807) is 16.8 Å². The maximum Gasteiger partial charge on any atom is 0.270 e. The molecule has 2 N–H and O–H groups in total. The summed E-state index contributed by atoms with van der Waals surface area (Å²) in [6.45, 7) is 4.01. The van der Waals surface area contributed by atoms with Crippen molar-refractivity contribution in [3.63, 3.8) is 0 Å². The van der Waals surface area contributed by atoms with Gasteiger partial charge in [0, 0.05) is 16.1 Å². The average molecular weight is 386 g/mol. The number of halogens is 2. The largest absolute Gasteiger partial charge is 0.310 e. The van der Waals surface area contributed by atoms with Crippen molar-refractivity contribution in [3.05, 3.63) is 49.7 Å². The van der Waals surface area contributed by atoms with Gasteiger partial charge < -0.3 is 5.32 Å². The van der Waals surface area contributed by atoms with Crippen LogP contribution in [0.2, 0.25) is 10.0 Å². The molecule has 1 aliphatic rings. The van der Waals surface area contributed by atoms with Crippen molar-refractivity contribution in [1.29, 1.82) is 0 Å². The summed E-state index contributed by atoms with van der Waals surface area (Å²) < 4.78 is 1.73. The van der Waals surface area contributed by atoms with E-state index < -0.39 is 0 Å². The Labute approximate surface area is 153 Å². The number of amides is 1. The first-order valence-corrected chi connectivity index (χ1v) is 9.43. The zero-order valence-corrected chi connectivity index (χ0v) is 15.6. The number of aromatic amines is 1. The molecule has 0 aliphatic carbocycles. The second kappa shape index (κ2) is 6.86. The smallest absolute Gasteiger partial charge is 0.270 e. The highest BCUT2D eigenvalue weighted by atomic mass is 35.5. The van der Waals surface area contributed by atoms with E-state index in [-0.39, 0.29) is 28.5 Å². The van der Waals surface area contributed by atoms with Gasteiger partial charge in [0.2, 0.25) is 5.91 Å². The van der Waals surface area contributed by atoms with E-state index in [0.717, 1.165) is 12.0 Å². The monoisotopic (exact) mass is 385 g/mol. The van der Waals surface area contributed by atoms with E-state index in [9.17, 15) is 9.59 Å². The van der Waals surface area contributed by atoms with Gasteiger partial charge in [0.1, 0.15) is 5.82 Å². The van der Waals surface area contributed by atoms with Crippen LogP contribution in [0.1, 0.15) is 42.7 Å². The van der Waals surface area contributed by atoms with E-state index in [2.05, 4.69) is 10.4 Å². The topological polar surface area (TPSA) is 66.9 Å². The molecule has 0 saturated carbocycles. The van der Waals surface area contributed by atoms with E-state index >= 15 is 0 Å². The van der Waals surface area contributed by atoms with Gasteiger partial charge in [-0.3, -0.25) is 19.4 Å². The second-order valence-corrected chi connectivity index (χ2v) is 7.67. The number of hydrogen-bond donors (Lipinski definition) is 2. The molecule has 0 unspecified atom stereocenters. The Kier molecular flexibility index (Phi) is 4.99. The molecule has 1 aromatic carbocycles. The fourth-order valence-corrected chi connectivity index (χ4v) is 4.46. The average Bonchev–Trinajstić information content (AvgIpc) is 2.74. The Bertz CT molecular complexity index is 846. The number of carbonyl (C=O) groups excluding carboxylic acids is 1. The number of thioether (sulfide) groups is 1. The highest BCUT2D eigenvalue weighted by Gasteiger charge is 2.32. The molecule has 1 aromatic heterocycles. The van der Waals surface area contributed by atoms with Crippen LogP contribution < -0.4 is 10.9 Å². The maximum atomic E-state index is 12.6. The number of anilines is 1. The summed E-state index contributed by atoms with van der Waals surface area (Å²) >= 11 is 13.7. The molecule has 128 valence electrons. The number of nitrogens with zero attached hydrogens (tertiary/aromatic N) is 1. The van der Waals surface area contributed by atoms with Crippen LogP contribution in [0, 0.1) is 0 Å². The molecule has 0 saturated heterocycles. The molecule has 5 nitrogen and oxygen atoms in total. The number of nitrogens with one attached hydrogen (secondary N) is 2. The summed E-state index contributed by atoms with van der Waals surface area (Å²) in [6, 6.07) is 5.26. The minimum Gasteiger partial charge on any atom is -0.310 e. The zero-order valence-electron chi connectivity index (χ0n) is 13.2. The quantitative estimate of drug-likeness (QED) is 0.830. The Morgan fingerprint density at radius 1 is 1.38 bits per heavy atom. The van der Waals surface area contributed by atoms with Gasteiger partial charge in [0.25, 0.3) is 5.56 Å². The molecule has 2 aromatic rings. The number of fused-ring (bicyclic) bond motifs is 1. The predicted octanol–water partition coefficient (Wildman–Crippen LogP) is 4.23. The lowest BCUT2D eigenvalue weighted by molar-refractivity contribution is -0.113. The zero-order chi connectivity index (χ0) is 17.4. The molecule has 1 aliphatic heterocycles. The first-order chi connectivity index (χ1) is 11.4. The minimum atomic E-state index is -0.335. The SMILES string of the molecule is CC[C@H](C)n1[nH]c(=O)c2c1NC(=O)CS[C@H]2c1ccc(Cl)cc1Cl. The molecule has 0 spiro atoms. The Morgan fingerprint density at radius 2 is 2.12 bits per heavy atom. The third-order valence-corrected chi connectivity index (χ3v) is 5.95. The Morgan fingerprint density at radius 3 is 2.79 bits per heavy atom. The van der Waals surface area contributed by atoms with Gasteiger partial charge in [-0.25, -0.2) is 0 Å². The van der Waals surface area contributed by atoms with Gasteiger partial charge in [0.05, 0.1) is 16.6 Å². The van der Waals surface area contributed by atoms with Crippen molar-refractivity contribution >= 4 is 46.7 Å². The minimum absolute atomic E-state index is 0.0613. The van der Waals surface area contributed by atoms with Crippen molar-refractivity contribution in [3.8, 4) is 0 Å². The third kappa shape index (κ3) is 3.10. The molecule has 2 atom stereocenters. The van der Waals surface area contributed by atoms with Crippen LogP contribution >= 0.6 is 35.0 Å². The lowest BCUT2D eigenvalue weighted by atomic mass is 10.1. The van der Waals surface area contributed by atoms with Gasteiger partial charge in [-0.05, 0) is 31.0 Å². The fraction of sp³-hybridized carbons (Fsp3) is 0.375. The molecule has 1 amide bonds. The van der Waals surface area contributed by atoms with Gasteiger partial charge in [-0.15, -0.1) is 11.8 Å². The molecule has 0 radical (unpaired) electrons. The van der Waals surface area contributed by atoms with Crippen LogP contribution in [0.15, 0.2) is 23.0 Å². The summed E-state index contributed by atoms with van der Waals surface area (Å²) in [5, 5.41) is 6.39. The second-order valence-electron chi connectivity index (χ2n) is 5.74. The van der Waals surface area contributed by atoms with Crippen LogP contribution in [0.5, 0.6) is 0 Å². The standard InChI is InChI=1S/C16H17Cl2N3O2S/c1-3-8(2)21-15-13(16(23)20-21)14(24-7-12(22)19-15)10-5-4-9(17)6-11(10)18/h4-6,8,14H,3,7H2,1-2H3,(H,19,22)(H,20,23)/t8-,14-/m0/s1. The highest BCUT2D eigenvalue weighted by Crippen LogP contribution is 2.43. The van der Waals surface area contributed by atoms with Crippen LogP contribution in [-0.4, -0.2) is 21.4 Å². The van der Waals surface area contributed by atoms with E-state index in [1.807, 2.05) is 19.9 Å². The molecule has 8 heteroatoms. The number of carbonyl (C=O) groups is 1.